The third-order valence-electron chi connectivity index (χ3n) is 3.10. The quantitative estimate of drug-likeness (QED) is 0.822. The normalized spacial score (nSPS) is 14.2. The molecule has 6 nitrogen and oxygen atoms in total. The second-order valence-electron chi connectivity index (χ2n) is 4.42. The van der Waals surface area contributed by atoms with Crippen LogP contribution < -0.4 is 10.2 Å². The van der Waals surface area contributed by atoms with Crippen LogP contribution in [0, 0.1) is 0 Å². The number of carbonyl (C=O) groups excluding carboxylic acids is 3. The summed E-state index contributed by atoms with van der Waals surface area (Å²) in [6, 6.07) is 6.75. The van der Waals surface area contributed by atoms with E-state index in [1.54, 1.807) is 29.2 Å². The van der Waals surface area contributed by atoms with Crippen LogP contribution in [0.4, 0.5) is 5.69 Å². The molecule has 0 saturated carbocycles. The van der Waals surface area contributed by atoms with Crippen LogP contribution in [0.5, 0.6) is 0 Å². The number of esters is 1. The monoisotopic (exact) mass is 276 g/mol. The third-order valence-corrected chi connectivity index (χ3v) is 3.10. The molecule has 1 aromatic rings. The number of likely N-dealkylation sites (N-methyl/N-ethyl adjacent to an activating group) is 1. The number of nitrogens with one attached hydrogen (secondary N) is 1. The van der Waals surface area contributed by atoms with Gasteiger partial charge >= 0.3 is 5.97 Å². The van der Waals surface area contributed by atoms with Gasteiger partial charge in [0, 0.05) is 20.0 Å². The minimum absolute atomic E-state index is 0.00319. The molecule has 1 aromatic carbocycles. The molecule has 0 aliphatic carbocycles. The molecule has 0 radical (unpaired) electrons. The Morgan fingerprint density at radius 3 is 2.75 bits per heavy atom. The van der Waals surface area contributed by atoms with E-state index in [0.717, 1.165) is 6.42 Å². The van der Waals surface area contributed by atoms with Gasteiger partial charge in [-0.15, -0.1) is 0 Å². The minimum atomic E-state index is -0.608. The zero-order valence-electron chi connectivity index (χ0n) is 11.2. The van der Waals surface area contributed by atoms with Crippen LogP contribution in [0.1, 0.15) is 23.2 Å². The number of anilines is 1. The van der Waals surface area contributed by atoms with E-state index in [0.29, 0.717) is 24.2 Å². The highest BCUT2D eigenvalue weighted by Gasteiger charge is 2.26. The Morgan fingerprint density at radius 1 is 1.35 bits per heavy atom. The van der Waals surface area contributed by atoms with Crippen LogP contribution in [-0.4, -0.2) is 38.0 Å². The Balaban J connectivity index is 2.17. The molecule has 1 aliphatic heterocycles. The van der Waals surface area contributed by atoms with Crippen molar-refractivity contribution in [1.82, 2.24) is 5.32 Å². The standard InChI is InChI=1S/C14H16N2O4/c1-15-12(17)9-20-14(19)10-5-2-3-6-11(10)16-8-4-7-13(16)18/h2-3,5-6H,4,7-9H2,1H3,(H,15,17). The van der Waals surface area contributed by atoms with E-state index in [-0.39, 0.29) is 18.4 Å². The van der Waals surface area contributed by atoms with E-state index in [4.69, 9.17) is 4.74 Å². The molecule has 6 heteroatoms. The maximum Gasteiger partial charge on any atom is 0.340 e. The maximum atomic E-state index is 12.0. The molecule has 106 valence electrons. The van der Waals surface area contributed by atoms with Gasteiger partial charge in [0.15, 0.2) is 6.61 Å². The molecule has 0 bridgehead atoms. The number of carbonyl (C=O) groups is 3. The molecule has 1 aliphatic rings. The van der Waals surface area contributed by atoms with Crippen molar-refractivity contribution in [2.75, 3.05) is 25.1 Å². The number of amides is 2. The van der Waals surface area contributed by atoms with Gasteiger partial charge in [0.1, 0.15) is 0 Å². The zero-order valence-corrected chi connectivity index (χ0v) is 11.2. The van der Waals surface area contributed by atoms with Crippen LogP contribution >= 0.6 is 0 Å². The number of rotatable bonds is 4. The Bertz CT molecular complexity index is 542. The predicted molar refractivity (Wildman–Crippen MR) is 72.4 cm³/mol. The van der Waals surface area contributed by atoms with E-state index in [2.05, 4.69) is 5.32 Å². The van der Waals surface area contributed by atoms with Crippen molar-refractivity contribution >= 4 is 23.5 Å². The van der Waals surface area contributed by atoms with Gasteiger partial charge in [-0.25, -0.2) is 4.79 Å². The van der Waals surface area contributed by atoms with Gasteiger partial charge in [-0.2, -0.15) is 0 Å². The Labute approximate surface area is 116 Å². The molecule has 0 spiro atoms. The molecule has 0 aromatic heterocycles. The van der Waals surface area contributed by atoms with Crippen LogP contribution in [0.3, 0.4) is 0 Å². The molecule has 2 amide bonds. The van der Waals surface area contributed by atoms with Crippen molar-refractivity contribution in [3.8, 4) is 0 Å². The first-order chi connectivity index (χ1) is 9.63. The zero-order chi connectivity index (χ0) is 14.5. The van der Waals surface area contributed by atoms with E-state index in [1.165, 1.54) is 7.05 Å². The second kappa shape index (κ2) is 6.18. The average molecular weight is 276 g/mol. The number of hydrogen-bond donors (Lipinski definition) is 1. The summed E-state index contributed by atoms with van der Waals surface area (Å²) in [5.74, 6) is -0.992. The summed E-state index contributed by atoms with van der Waals surface area (Å²) in [7, 11) is 1.47. The summed E-state index contributed by atoms with van der Waals surface area (Å²) < 4.78 is 4.93. The summed E-state index contributed by atoms with van der Waals surface area (Å²) >= 11 is 0. The predicted octanol–water partition coefficient (Wildman–Crippen LogP) is 0.716. The van der Waals surface area contributed by atoms with Crippen molar-refractivity contribution in [1.29, 1.82) is 0 Å². The molecular weight excluding hydrogens is 260 g/mol. The largest absolute Gasteiger partial charge is 0.452 e. The molecule has 1 fully saturated rings. The van der Waals surface area contributed by atoms with E-state index < -0.39 is 5.97 Å². The lowest BCUT2D eigenvalue weighted by atomic mass is 10.1. The van der Waals surface area contributed by atoms with E-state index in [9.17, 15) is 14.4 Å². The smallest absolute Gasteiger partial charge is 0.340 e. The van der Waals surface area contributed by atoms with Gasteiger partial charge in [-0.1, -0.05) is 12.1 Å². The van der Waals surface area contributed by atoms with Crippen molar-refractivity contribution in [2.45, 2.75) is 12.8 Å². The SMILES string of the molecule is CNC(=O)COC(=O)c1ccccc1N1CCCC1=O. The average Bonchev–Trinajstić information content (AvgIpc) is 2.90. The molecule has 0 atom stereocenters. The summed E-state index contributed by atoms with van der Waals surface area (Å²) in [5, 5.41) is 2.37. The fourth-order valence-electron chi connectivity index (χ4n) is 2.07. The van der Waals surface area contributed by atoms with Gasteiger partial charge in [0.25, 0.3) is 5.91 Å². The fourth-order valence-corrected chi connectivity index (χ4v) is 2.07. The number of benzene rings is 1. The Morgan fingerprint density at radius 2 is 2.10 bits per heavy atom. The van der Waals surface area contributed by atoms with E-state index >= 15 is 0 Å². The van der Waals surface area contributed by atoms with Gasteiger partial charge < -0.3 is 15.0 Å². The first-order valence-corrected chi connectivity index (χ1v) is 6.40. The topological polar surface area (TPSA) is 75.7 Å². The molecule has 1 saturated heterocycles. The summed E-state index contributed by atoms with van der Waals surface area (Å²) in [6.45, 7) is 0.260. The first kappa shape index (κ1) is 14.0. The number of nitrogens with zero attached hydrogens (tertiary/aromatic N) is 1. The minimum Gasteiger partial charge on any atom is -0.452 e. The van der Waals surface area contributed by atoms with Gasteiger partial charge in [-0.05, 0) is 18.6 Å². The molecule has 0 unspecified atom stereocenters. The number of hydrogen-bond acceptors (Lipinski definition) is 4. The summed E-state index contributed by atoms with van der Waals surface area (Å²) in [5.41, 5.74) is 0.837. The van der Waals surface area contributed by atoms with Crippen LogP contribution in [0.25, 0.3) is 0 Å². The van der Waals surface area contributed by atoms with E-state index in [1.807, 2.05) is 0 Å². The van der Waals surface area contributed by atoms with Crippen LogP contribution in [-0.2, 0) is 14.3 Å². The highest BCUT2D eigenvalue weighted by atomic mass is 16.5. The molecule has 1 heterocycles. The fraction of sp³-hybridized carbons (Fsp3) is 0.357. The first-order valence-electron chi connectivity index (χ1n) is 6.40. The molecule has 2 rings (SSSR count). The highest BCUT2D eigenvalue weighted by Crippen LogP contribution is 2.25. The molecule has 1 N–H and O–H groups in total. The maximum absolute atomic E-state index is 12.0. The summed E-state index contributed by atoms with van der Waals surface area (Å²) in [4.78, 5) is 36.4. The lowest BCUT2D eigenvalue weighted by Crippen LogP contribution is -2.28. The number of ether oxygens (including phenoxy) is 1. The van der Waals surface area contributed by atoms with Gasteiger partial charge in [0.05, 0.1) is 11.3 Å². The van der Waals surface area contributed by atoms with Crippen molar-refractivity contribution < 1.29 is 19.1 Å². The third kappa shape index (κ3) is 2.96. The lowest BCUT2D eigenvalue weighted by Gasteiger charge is -2.18. The van der Waals surface area contributed by atoms with Crippen molar-refractivity contribution in [3.05, 3.63) is 29.8 Å². The van der Waals surface area contributed by atoms with Crippen molar-refractivity contribution in [2.24, 2.45) is 0 Å². The number of para-hydroxylation sites is 1. The highest BCUT2D eigenvalue weighted by molar-refractivity contribution is 6.03. The van der Waals surface area contributed by atoms with Gasteiger partial charge in [0.2, 0.25) is 5.91 Å². The van der Waals surface area contributed by atoms with Gasteiger partial charge in [-0.3, -0.25) is 9.59 Å². The summed E-state index contributed by atoms with van der Waals surface area (Å²) in [6.07, 6.45) is 1.27. The second-order valence-corrected chi connectivity index (χ2v) is 4.42. The molecule has 20 heavy (non-hydrogen) atoms. The van der Waals surface area contributed by atoms with Crippen molar-refractivity contribution in [3.63, 3.8) is 0 Å². The Hall–Kier alpha value is -2.37. The lowest BCUT2D eigenvalue weighted by molar-refractivity contribution is -0.123. The van der Waals surface area contributed by atoms with Crippen LogP contribution in [0.15, 0.2) is 24.3 Å². The molecular formula is C14H16N2O4. The Kier molecular flexibility index (Phi) is 4.34. The van der Waals surface area contributed by atoms with Crippen LogP contribution in [0.2, 0.25) is 0 Å².